The highest BCUT2D eigenvalue weighted by Crippen LogP contribution is 2.26. The standard InChI is InChI=1S/C23H27ClN4O3.C2HF3O2/c24-20-5-1-2-6-21(20)27-11-13-28(14-12-27)23(25-16-19-4-3-15-31-19)26-18-9-7-17(8-10-18)22(29)30;3-2(4,5)1(6)7/h1-2,5-10,19H,3-4,11-16H2,(H,25,26)(H,29,30);(H,6,7). The number of alkyl halides is 3. The fraction of sp³-hybridized carbons (Fsp3) is 0.400. The summed E-state index contributed by atoms with van der Waals surface area (Å²) >= 11 is 6.37. The molecule has 0 saturated carbocycles. The maximum atomic E-state index is 11.1. The molecule has 38 heavy (non-hydrogen) atoms. The van der Waals surface area contributed by atoms with E-state index in [1.807, 2.05) is 24.3 Å². The van der Waals surface area contributed by atoms with Crippen LogP contribution < -0.4 is 10.2 Å². The van der Waals surface area contributed by atoms with Gasteiger partial charge in [-0.05, 0) is 49.2 Å². The number of nitrogens with one attached hydrogen (secondary N) is 1. The number of carbonyl (C=O) groups is 2. The fourth-order valence-electron chi connectivity index (χ4n) is 3.89. The van der Waals surface area contributed by atoms with Crippen molar-refractivity contribution in [2.75, 3.05) is 49.5 Å². The monoisotopic (exact) mass is 556 g/mol. The Balaban J connectivity index is 0.000000505. The van der Waals surface area contributed by atoms with Crippen LogP contribution >= 0.6 is 11.6 Å². The zero-order valence-corrected chi connectivity index (χ0v) is 21.1. The third-order valence-electron chi connectivity index (χ3n) is 5.87. The number of anilines is 2. The highest BCUT2D eigenvalue weighted by molar-refractivity contribution is 6.33. The van der Waals surface area contributed by atoms with Gasteiger partial charge < -0.3 is 30.1 Å². The first-order valence-corrected chi connectivity index (χ1v) is 12.2. The normalized spacial score (nSPS) is 18.0. The molecule has 2 saturated heterocycles. The van der Waals surface area contributed by atoms with Crippen molar-refractivity contribution >= 4 is 40.9 Å². The van der Waals surface area contributed by atoms with Crippen LogP contribution in [0.3, 0.4) is 0 Å². The van der Waals surface area contributed by atoms with Crippen molar-refractivity contribution in [1.29, 1.82) is 0 Å². The minimum absolute atomic E-state index is 0.163. The summed E-state index contributed by atoms with van der Waals surface area (Å²) in [5.41, 5.74) is 2.13. The van der Waals surface area contributed by atoms with Crippen molar-refractivity contribution < 1.29 is 37.7 Å². The van der Waals surface area contributed by atoms with Gasteiger partial charge in [0.2, 0.25) is 0 Å². The van der Waals surface area contributed by atoms with E-state index in [0.29, 0.717) is 6.54 Å². The number of aliphatic imine (C=N–C) groups is 1. The summed E-state index contributed by atoms with van der Waals surface area (Å²) in [5, 5.41) is 20.4. The van der Waals surface area contributed by atoms with Gasteiger partial charge >= 0.3 is 18.1 Å². The van der Waals surface area contributed by atoms with Gasteiger partial charge in [0.15, 0.2) is 5.96 Å². The van der Waals surface area contributed by atoms with Crippen LogP contribution in [0.1, 0.15) is 23.2 Å². The van der Waals surface area contributed by atoms with Crippen LogP contribution in [0.2, 0.25) is 5.02 Å². The molecule has 9 nitrogen and oxygen atoms in total. The Morgan fingerprint density at radius 1 is 1.05 bits per heavy atom. The van der Waals surface area contributed by atoms with Crippen LogP contribution in [-0.2, 0) is 9.53 Å². The number of aliphatic carboxylic acids is 1. The van der Waals surface area contributed by atoms with Gasteiger partial charge in [-0.25, -0.2) is 9.59 Å². The highest BCUT2D eigenvalue weighted by atomic mass is 35.5. The van der Waals surface area contributed by atoms with Crippen molar-refractivity contribution in [2.45, 2.75) is 25.1 Å². The van der Waals surface area contributed by atoms with E-state index in [-0.39, 0.29) is 11.7 Å². The molecule has 3 N–H and O–H groups in total. The Morgan fingerprint density at radius 3 is 2.21 bits per heavy atom. The Hall–Kier alpha value is -3.51. The molecule has 4 rings (SSSR count). The number of para-hydroxylation sites is 1. The van der Waals surface area contributed by atoms with E-state index in [2.05, 4.69) is 15.1 Å². The van der Waals surface area contributed by atoms with E-state index < -0.39 is 18.1 Å². The van der Waals surface area contributed by atoms with Crippen LogP contribution in [0.25, 0.3) is 0 Å². The third kappa shape index (κ3) is 8.52. The summed E-state index contributed by atoms with van der Waals surface area (Å²) in [6, 6.07) is 14.6. The Morgan fingerprint density at radius 2 is 1.68 bits per heavy atom. The minimum Gasteiger partial charge on any atom is -0.478 e. The van der Waals surface area contributed by atoms with Gasteiger partial charge in [0.1, 0.15) is 0 Å². The maximum absolute atomic E-state index is 11.1. The summed E-state index contributed by atoms with van der Waals surface area (Å²) in [6.45, 7) is 4.69. The lowest BCUT2D eigenvalue weighted by Crippen LogP contribution is -2.51. The molecule has 13 heteroatoms. The number of rotatable bonds is 5. The Kier molecular flexibility index (Phi) is 10.2. The molecule has 2 aliphatic rings. The molecular formula is C25H28ClF3N4O5. The van der Waals surface area contributed by atoms with Crippen molar-refractivity contribution in [1.82, 2.24) is 4.90 Å². The largest absolute Gasteiger partial charge is 0.490 e. The molecule has 0 aromatic heterocycles. The summed E-state index contributed by atoms with van der Waals surface area (Å²) < 4.78 is 37.5. The number of guanidine groups is 1. The Labute approximate surface area is 222 Å². The smallest absolute Gasteiger partial charge is 0.478 e. The van der Waals surface area contributed by atoms with Gasteiger partial charge in [0, 0.05) is 38.5 Å². The van der Waals surface area contributed by atoms with Crippen LogP contribution in [0.5, 0.6) is 0 Å². The average molecular weight is 557 g/mol. The number of nitrogens with zero attached hydrogens (tertiary/aromatic N) is 3. The number of piperazine rings is 1. The SMILES string of the molecule is O=C(O)C(F)(F)F.O=C(O)c1ccc(NC(=NCC2CCCO2)N2CCN(c3ccccc3Cl)CC2)cc1. The first-order valence-electron chi connectivity index (χ1n) is 11.9. The van der Waals surface area contributed by atoms with Crippen molar-refractivity contribution in [3.05, 3.63) is 59.1 Å². The minimum atomic E-state index is -5.08. The molecule has 1 atom stereocenters. The average Bonchev–Trinajstić information content (AvgIpc) is 3.41. The number of halogens is 4. The second-order valence-electron chi connectivity index (χ2n) is 8.54. The van der Waals surface area contributed by atoms with Crippen LogP contribution in [0.15, 0.2) is 53.5 Å². The summed E-state index contributed by atoms with van der Waals surface area (Å²) in [6.07, 6.45) is -2.81. The predicted octanol–water partition coefficient (Wildman–Crippen LogP) is 4.44. The van der Waals surface area contributed by atoms with E-state index in [1.165, 1.54) is 0 Å². The lowest BCUT2D eigenvalue weighted by molar-refractivity contribution is -0.192. The van der Waals surface area contributed by atoms with Crippen LogP contribution in [-0.4, -0.2) is 84.6 Å². The molecule has 0 amide bonds. The van der Waals surface area contributed by atoms with Crippen LogP contribution in [0, 0.1) is 0 Å². The molecule has 0 radical (unpaired) electrons. The van der Waals surface area contributed by atoms with Gasteiger partial charge in [-0.1, -0.05) is 23.7 Å². The van der Waals surface area contributed by atoms with Gasteiger partial charge in [-0.2, -0.15) is 13.2 Å². The molecule has 2 aromatic carbocycles. The molecule has 2 aromatic rings. The number of benzene rings is 2. The topological polar surface area (TPSA) is 115 Å². The summed E-state index contributed by atoms with van der Waals surface area (Å²) in [5.74, 6) is -2.90. The van der Waals surface area contributed by atoms with Gasteiger partial charge in [0.25, 0.3) is 0 Å². The zero-order valence-electron chi connectivity index (χ0n) is 20.3. The number of hydrogen-bond acceptors (Lipinski definition) is 5. The summed E-state index contributed by atoms with van der Waals surface area (Å²) in [7, 11) is 0. The second-order valence-corrected chi connectivity index (χ2v) is 8.94. The lowest BCUT2D eigenvalue weighted by atomic mass is 10.2. The molecule has 2 heterocycles. The maximum Gasteiger partial charge on any atom is 0.490 e. The summed E-state index contributed by atoms with van der Waals surface area (Å²) in [4.78, 5) is 29.4. The quantitative estimate of drug-likeness (QED) is 0.366. The Bertz CT molecular complexity index is 1120. The number of hydrogen-bond donors (Lipinski definition) is 3. The number of aromatic carboxylic acids is 1. The van der Waals surface area contributed by atoms with Gasteiger partial charge in [-0.3, -0.25) is 4.99 Å². The molecular weight excluding hydrogens is 529 g/mol. The van der Waals surface area contributed by atoms with E-state index in [1.54, 1.807) is 24.3 Å². The predicted molar refractivity (Wildman–Crippen MR) is 137 cm³/mol. The van der Waals surface area contributed by atoms with E-state index >= 15 is 0 Å². The van der Waals surface area contributed by atoms with Crippen molar-refractivity contribution in [2.24, 2.45) is 4.99 Å². The van der Waals surface area contributed by atoms with Gasteiger partial charge in [0.05, 0.1) is 28.9 Å². The molecule has 2 aliphatic heterocycles. The lowest BCUT2D eigenvalue weighted by Gasteiger charge is -2.38. The number of carboxylic acid groups (broad SMARTS) is 2. The molecule has 2 fully saturated rings. The molecule has 0 bridgehead atoms. The van der Waals surface area contributed by atoms with Crippen molar-refractivity contribution in [3.8, 4) is 0 Å². The molecule has 206 valence electrons. The molecule has 0 spiro atoms. The van der Waals surface area contributed by atoms with E-state index in [4.69, 9.17) is 36.3 Å². The van der Waals surface area contributed by atoms with Gasteiger partial charge in [-0.15, -0.1) is 0 Å². The van der Waals surface area contributed by atoms with E-state index in [0.717, 1.165) is 68.0 Å². The van der Waals surface area contributed by atoms with Crippen LogP contribution in [0.4, 0.5) is 24.5 Å². The first-order chi connectivity index (χ1) is 18.0. The van der Waals surface area contributed by atoms with E-state index in [9.17, 15) is 18.0 Å². The zero-order chi connectivity index (χ0) is 27.7. The van der Waals surface area contributed by atoms with Crippen molar-refractivity contribution in [3.63, 3.8) is 0 Å². The third-order valence-corrected chi connectivity index (χ3v) is 6.19. The molecule has 0 aliphatic carbocycles. The fourth-order valence-corrected chi connectivity index (χ4v) is 4.14. The number of ether oxygens (including phenoxy) is 1. The highest BCUT2D eigenvalue weighted by Gasteiger charge is 2.38. The first kappa shape index (κ1) is 29.1. The molecule has 1 unspecified atom stereocenters. The number of carboxylic acids is 2. The second kappa shape index (κ2) is 13.3.